The molecule has 2 rings (SSSR count). The van der Waals surface area contributed by atoms with E-state index in [9.17, 15) is 9.50 Å². The summed E-state index contributed by atoms with van der Waals surface area (Å²) >= 11 is 3.08. The Morgan fingerprint density at radius 3 is 3.00 bits per heavy atom. The Bertz CT molecular complexity index is 399. The van der Waals surface area contributed by atoms with E-state index in [-0.39, 0.29) is 12.4 Å². The second kappa shape index (κ2) is 3.73. The number of benzene rings is 1. The van der Waals surface area contributed by atoms with E-state index in [0.29, 0.717) is 23.1 Å². The SMILES string of the molecule is N[C@@]1(CO)CCOc2c1ccc(Br)c2F. The lowest BCUT2D eigenvalue weighted by Gasteiger charge is -2.34. The van der Waals surface area contributed by atoms with Crippen molar-refractivity contribution in [3.63, 3.8) is 0 Å². The fourth-order valence-corrected chi connectivity index (χ4v) is 2.01. The summed E-state index contributed by atoms with van der Waals surface area (Å²) in [5.41, 5.74) is 5.61. The van der Waals surface area contributed by atoms with Crippen LogP contribution in [0, 0.1) is 5.82 Å². The second-order valence-corrected chi connectivity index (χ2v) is 4.51. The number of rotatable bonds is 1. The molecule has 1 heterocycles. The summed E-state index contributed by atoms with van der Waals surface area (Å²) in [5, 5.41) is 9.24. The number of halogens is 2. The fourth-order valence-electron chi connectivity index (χ4n) is 1.70. The molecule has 1 aliphatic heterocycles. The van der Waals surface area contributed by atoms with Crippen molar-refractivity contribution >= 4 is 15.9 Å². The van der Waals surface area contributed by atoms with E-state index in [0.717, 1.165) is 0 Å². The van der Waals surface area contributed by atoms with Crippen molar-refractivity contribution in [1.82, 2.24) is 0 Å². The van der Waals surface area contributed by atoms with Crippen LogP contribution in [0.4, 0.5) is 4.39 Å². The van der Waals surface area contributed by atoms with E-state index in [1.165, 1.54) is 0 Å². The Morgan fingerprint density at radius 1 is 1.60 bits per heavy atom. The van der Waals surface area contributed by atoms with Gasteiger partial charge in [0.1, 0.15) is 0 Å². The van der Waals surface area contributed by atoms with E-state index < -0.39 is 11.4 Å². The first kappa shape index (κ1) is 10.9. The molecule has 15 heavy (non-hydrogen) atoms. The van der Waals surface area contributed by atoms with Crippen LogP contribution in [-0.4, -0.2) is 18.3 Å². The fraction of sp³-hybridized carbons (Fsp3) is 0.400. The molecule has 82 valence electrons. The Morgan fingerprint density at radius 2 is 2.33 bits per heavy atom. The lowest BCUT2D eigenvalue weighted by atomic mass is 9.86. The third-order valence-electron chi connectivity index (χ3n) is 2.66. The van der Waals surface area contributed by atoms with Crippen molar-refractivity contribution in [1.29, 1.82) is 0 Å². The summed E-state index contributed by atoms with van der Waals surface area (Å²) < 4.78 is 19.2. The first-order valence-corrected chi connectivity index (χ1v) is 5.39. The number of aliphatic hydroxyl groups is 1. The predicted octanol–water partition coefficient (Wildman–Crippen LogP) is 1.52. The molecule has 0 saturated heterocycles. The van der Waals surface area contributed by atoms with Crippen molar-refractivity contribution in [2.75, 3.05) is 13.2 Å². The highest BCUT2D eigenvalue weighted by molar-refractivity contribution is 9.10. The smallest absolute Gasteiger partial charge is 0.179 e. The highest BCUT2D eigenvalue weighted by Crippen LogP contribution is 2.39. The van der Waals surface area contributed by atoms with Gasteiger partial charge in [0.25, 0.3) is 0 Å². The monoisotopic (exact) mass is 275 g/mol. The summed E-state index contributed by atoms with van der Waals surface area (Å²) in [6, 6.07) is 3.25. The first-order valence-electron chi connectivity index (χ1n) is 4.59. The van der Waals surface area contributed by atoms with Gasteiger partial charge < -0.3 is 15.6 Å². The zero-order valence-corrected chi connectivity index (χ0v) is 9.55. The van der Waals surface area contributed by atoms with Crippen LogP contribution in [0.1, 0.15) is 12.0 Å². The Hall–Kier alpha value is -0.650. The third kappa shape index (κ3) is 1.64. The maximum atomic E-state index is 13.7. The quantitative estimate of drug-likeness (QED) is 0.817. The number of hydrogen-bond acceptors (Lipinski definition) is 3. The van der Waals surface area contributed by atoms with Crippen LogP contribution >= 0.6 is 15.9 Å². The topological polar surface area (TPSA) is 55.5 Å². The minimum absolute atomic E-state index is 0.146. The number of nitrogens with two attached hydrogens (primary N) is 1. The van der Waals surface area contributed by atoms with Crippen molar-refractivity contribution in [2.24, 2.45) is 5.73 Å². The van der Waals surface area contributed by atoms with E-state index in [1.807, 2.05) is 0 Å². The molecule has 3 N–H and O–H groups in total. The lowest BCUT2D eigenvalue weighted by molar-refractivity contribution is 0.135. The van der Waals surface area contributed by atoms with Gasteiger partial charge in [0, 0.05) is 12.0 Å². The molecule has 0 fully saturated rings. The van der Waals surface area contributed by atoms with Crippen molar-refractivity contribution in [3.8, 4) is 5.75 Å². The molecule has 3 nitrogen and oxygen atoms in total. The van der Waals surface area contributed by atoms with Crippen molar-refractivity contribution < 1.29 is 14.2 Å². The molecule has 1 aliphatic rings. The molecule has 0 aromatic heterocycles. The molecule has 1 aromatic rings. The highest BCUT2D eigenvalue weighted by Gasteiger charge is 2.35. The van der Waals surface area contributed by atoms with Crippen molar-refractivity contribution in [3.05, 3.63) is 28.0 Å². The Balaban J connectivity index is 2.59. The van der Waals surface area contributed by atoms with Crippen LogP contribution in [0.2, 0.25) is 0 Å². The largest absolute Gasteiger partial charge is 0.490 e. The van der Waals surface area contributed by atoms with E-state index in [1.54, 1.807) is 12.1 Å². The van der Waals surface area contributed by atoms with Gasteiger partial charge in [0.15, 0.2) is 11.6 Å². The van der Waals surface area contributed by atoms with Gasteiger partial charge in [0.2, 0.25) is 0 Å². The molecule has 0 aliphatic carbocycles. The third-order valence-corrected chi connectivity index (χ3v) is 3.28. The molecular weight excluding hydrogens is 265 g/mol. The summed E-state index contributed by atoms with van der Waals surface area (Å²) in [4.78, 5) is 0. The second-order valence-electron chi connectivity index (χ2n) is 3.65. The molecular formula is C10H11BrFNO2. The van der Waals surface area contributed by atoms with Crippen LogP contribution in [0.3, 0.4) is 0 Å². The van der Waals surface area contributed by atoms with Crippen LogP contribution in [0.25, 0.3) is 0 Å². The van der Waals surface area contributed by atoms with Gasteiger partial charge >= 0.3 is 0 Å². The normalized spacial score (nSPS) is 24.5. The Labute approximate surface area is 95.2 Å². The molecule has 0 spiro atoms. The maximum Gasteiger partial charge on any atom is 0.179 e. The first-order chi connectivity index (χ1) is 7.08. The zero-order chi connectivity index (χ0) is 11.1. The zero-order valence-electron chi connectivity index (χ0n) is 7.96. The minimum Gasteiger partial charge on any atom is -0.490 e. The predicted molar refractivity (Wildman–Crippen MR) is 57.2 cm³/mol. The van der Waals surface area contributed by atoms with Gasteiger partial charge in [-0.25, -0.2) is 4.39 Å². The molecule has 0 radical (unpaired) electrons. The standard InChI is InChI=1S/C10H11BrFNO2/c11-7-2-1-6-9(8(7)12)15-4-3-10(6,13)5-14/h1-2,14H,3-5,13H2/t10-/m1/s1. The molecule has 0 unspecified atom stereocenters. The molecule has 0 amide bonds. The van der Waals surface area contributed by atoms with E-state index >= 15 is 0 Å². The summed E-state index contributed by atoms with van der Waals surface area (Å²) in [5.74, 6) is -0.317. The van der Waals surface area contributed by atoms with Crippen LogP contribution < -0.4 is 10.5 Å². The maximum absolute atomic E-state index is 13.7. The molecule has 1 aromatic carbocycles. The summed E-state index contributed by atoms with van der Waals surface area (Å²) in [6.45, 7) is 0.0991. The average Bonchev–Trinajstić information content (AvgIpc) is 2.24. The molecule has 1 atom stereocenters. The van der Waals surface area contributed by atoms with Crippen LogP contribution in [-0.2, 0) is 5.54 Å². The van der Waals surface area contributed by atoms with Gasteiger partial charge in [-0.15, -0.1) is 0 Å². The number of aliphatic hydroxyl groups excluding tert-OH is 1. The van der Waals surface area contributed by atoms with Crippen molar-refractivity contribution in [2.45, 2.75) is 12.0 Å². The van der Waals surface area contributed by atoms with Gasteiger partial charge in [-0.1, -0.05) is 6.07 Å². The van der Waals surface area contributed by atoms with E-state index in [2.05, 4.69) is 15.9 Å². The molecule has 5 heteroatoms. The minimum atomic E-state index is -0.894. The number of ether oxygens (including phenoxy) is 1. The van der Waals surface area contributed by atoms with Gasteiger partial charge in [-0.2, -0.15) is 0 Å². The van der Waals surface area contributed by atoms with Gasteiger partial charge in [0.05, 0.1) is 23.2 Å². The summed E-state index contributed by atoms with van der Waals surface area (Å²) in [6.07, 6.45) is 0.484. The number of fused-ring (bicyclic) bond motifs is 1. The lowest BCUT2D eigenvalue weighted by Crippen LogP contribution is -2.44. The van der Waals surface area contributed by atoms with Crippen LogP contribution in [0.5, 0.6) is 5.75 Å². The molecule has 0 bridgehead atoms. The molecule has 0 saturated carbocycles. The van der Waals surface area contributed by atoms with E-state index in [4.69, 9.17) is 10.5 Å². The Kier molecular flexibility index (Phi) is 2.70. The van der Waals surface area contributed by atoms with Gasteiger partial charge in [-0.05, 0) is 22.0 Å². The average molecular weight is 276 g/mol. The highest BCUT2D eigenvalue weighted by atomic mass is 79.9. The van der Waals surface area contributed by atoms with Gasteiger partial charge in [-0.3, -0.25) is 0 Å². The summed E-state index contributed by atoms with van der Waals surface area (Å²) in [7, 11) is 0. The van der Waals surface area contributed by atoms with Crippen LogP contribution in [0.15, 0.2) is 16.6 Å². The number of hydrogen-bond donors (Lipinski definition) is 2.